The van der Waals surface area contributed by atoms with Gasteiger partial charge in [0.2, 0.25) is 0 Å². The van der Waals surface area contributed by atoms with Gasteiger partial charge in [0, 0.05) is 41.9 Å². The van der Waals surface area contributed by atoms with Gasteiger partial charge in [-0.15, -0.1) is 12.4 Å². The van der Waals surface area contributed by atoms with E-state index in [1.54, 1.807) is 17.1 Å². The Bertz CT molecular complexity index is 1260. The summed E-state index contributed by atoms with van der Waals surface area (Å²) >= 11 is 0. The number of aromatic nitrogens is 4. The molecule has 1 aromatic carbocycles. The van der Waals surface area contributed by atoms with Crippen LogP contribution in [0.2, 0.25) is 0 Å². The van der Waals surface area contributed by atoms with Gasteiger partial charge in [-0.1, -0.05) is 0 Å². The van der Waals surface area contributed by atoms with E-state index in [1.165, 1.54) is 17.0 Å². The minimum Gasteiger partial charge on any atom is -0.306 e. The molecule has 31 heavy (non-hydrogen) atoms. The molecule has 0 fully saturated rings. The lowest BCUT2D eigenvalue weighted by Crippen LogP contribution is -2.42. The second-order valence-corrected chi connectivity index (χ2v) is 7.27. The Morgan fingerprint density at radius 1 is 1.10 bits per heavy atom. The molecule has 1 atom stereocenters. The summed E-state index contributed by atoms with van der Waals surface area (Å²) in [7, 11) is 0. The molecule has 0 radical (unpaired) electrons. The Kier molecular flexibility index (Phi) is 5.01. The number of imidazole rings is 1. The van der Waals surface area contributed by atoms with E-state index in [1.807, 2.05) is 35.9 Å². The predicted molar refractivity (Wildman–Crippen MR) is 111 cm³/mol. The number of amides is 1. The summed E-state index contributed by atoms with van der Waals surface area (Å²) in [4.78, 5) is 19.1. The first-order valence-corrected chi connectivity index (χ1v) is 9.32. The third-order valence-corrected chi connectivity index (χ3v) is 5.31. The average molecular weight is 448 g/mol. The van der Waals surface area contributed by atoms with Crippen LogP contribution in [-0.4, -0.2) is 31.6 Å². The Morgan fingerprint density at radius 3 is 2.55 bits per heavy atom. The fourth-order valence-corrected chi connectivity index (χ4v) is 3.81. The van der Waals surface area contributed by atoms with Gasteiger partial charge >= 0.3 is 6.18 Å². The van der Waals surface area contributed by atoms with Gasteiger partial charge in [0.1, 0.15) is 11.3 Å². The van der Waals surface area contributed by atoms with Gasteiger partial charge in [-0.2, -0.15) is 18.3 Å². The van der Waals surface area contributed by atoms with Gasteiger partial charge in [-0.3, -0.25) is 9.48 Å². The summed E-state index contributed by atoms with van der Waals surface area (Å²) in [5.41, 5.74) is 2.33. The zero-order valence-electron chi connectivity index (χ0n) is 16.2. The van der Waals surface area contributed by atoms with Gasteiger partial charge in [0.05, 0.1) is 17.8 Å². The van der Waals surface area contributed by atoms with Crippen molar-refractivity contribution in [1.82, 2.24) is 19.2 Å². The van der Waals surface area contributed by atoms with E-state index in [-0.39, 0.29) is 24.4 Å². The fourth-order valence-electron chi connectivity index (χ4n) is 3.81. The van der Waals surface area contributed by atoms with Crippen LogP contribution in [0.1, 0.15) is 29.0 Å². The van der Waals surface area contributed by atoms with Crippen molar-refractivity contribution < 1.29 is 18.0 Å². The van der Waals surface area contributed by atoms with Gasteiger partial charge < -0.3 is 9.30 Å². The quantitative estimate of drug-likeness (QED) is 0.441. The Morgan fingerprint density at radius 2 is 1.84 bits per heavy atom. The maximum atomic E-state index is 13.3. The molecule has 160 valence electrons. The minimum atomic E-state index is -4.42. The summed E-state index contributed by atoms with van der Waals surface area (Å²) in [6.45, 7) is 2.24. The van der Waals surface area contributed by atoms with Crippen LogP contribution in [0.25, 0.3) is 16.8 Å². The van der Waals surface area contributed by atoms with Crippen LogP contribution >= 0.6 is 12.4 Å². The van der Waals surface area contributed by atoms with Crippen LogP contribution in [0.4, 0.5) is 18.9 Å². The van der Waals surface area contributed by atoms with Crippen molar-refractivity contribution in [3.05, 3.63) is 72.4 Å². The summed E-state index contributed by atoms with van der Waals surface area (Å²) in [6.07, 6.45) is 2.60. The second kappa shape index (κ2) is 7.42. The highest BCUT2D eigenvalue weighted by atomic mass is 35.5. The van der Waals surface area contributed by atoms with Crippen molar-refractivity contribution in [3.8, 4) is 11.1 Å². The highest BCUT2D eigenvalue weighted by Crippen LogP contribution is 2.34. The van der Waals surface area contributed by atoms with Crippen molar-refractivity contribution in [2.45, 2.75) is 19.1 Å². The monoisotopic (exact) mass is 447 g/mol. The first-order chi connectivity index (χ1) is 14.3. The molecule has 0 spiro atoms. The largest absolute Gasteiger partial charge is 0.416 e. The lowest BCUT2D eigenvalue weighted by atomic mass is 10.0. The molecule has 4 heterocycles. The zero-order chi connectivity index (χ0) is 21.0. The average Bonchev–Trinajstić information content (AvgIpc) is 3.37. The number of anilines is 1. The number of benzene rings is 1. The normalized spacial score (nSPS) is 16.3. The van der Waals surface area contributed by atoms with Gasteiger partial charge in [-0.25, -0.2) is 4.98 Å². The number of pyridine rings is 1. The number of hydrogen-bond donors (Lipinski definition) is 0. The zero-order valence-corrected chi connectivity index (χ0v) is 17.1. The first kappa shape index (κ1) is 20.9. The summed E-state index contributed by atoms with van der Waals surface area (Å²) < 4.78 is 42.2. The topological polar surface area (TPSA) is 55.4 Å². The number of hydrogen-bond acceptors (Lipinski definition) is 3. The van der Waals surface area contributed by atoms with E-state index in [0.29, 0.717) is 23.5 Å². The molecular formula is C21H17ClF3N5O. The van der Waals surface area contributed by atoms with Crippen molar-refractivity contribution in [2.75, 3.05) is 11.4 Å². The molecular weight excluding hydrogens is 431 g/mol. The third kappa shape index (κ3) is 3.44. The summed E-state index contributed by atoms with van der Waals surface area (Å²) in [5, 5.41) is 4.40. The molecule has 6 nitrogen and oxygen atoms in total. The van der Waals surface area contributed by atoms with Gasteiger partial charge in [0.15, 0.2) is 0 Å². The van der Waals surface area contributed by atoms with Crippen molar-refractivity contribution in [2.24, 2.45) is 0 Å². The predicted octanol–water partition coefficient (Wildman–Crippen LogP) is 4.86. The molecule has 5 rings (SSSR count). The Labute approximate surface area is 181 Å². The minimum absolute atomic E-state index is 0. The van der Waals surface area contributed by atoms with E-state index in [4.69, 9.17) is 0 Å². The van der Waals surface area contributed by atoms with Gasteiger partial charge in [0.25, 0.3) is 5.91 Å². The molecule has 0 saturated carbocycles. The molecule has 4 aromatic rings. The number of fused-ring (bicyclic) bond motifs is 2. The number of alkyl halides is 3. The molecule has 10 heteroatoms. The lowest BCUT2D eigenvalue weighted by molar-refractivity contribution is -0.137. The maximum absolute atomic E-state index is 13.3. The van der Waals surface area contributed by atoms with Crippen LogP contribution in [0, 0.1) is 0 Å². The van der Waals surface area contributed by atoms with Crippen molar-refractivity contribution in [1.29, 1.82) is 0 Å². The molecule has 0 unspecified atom stereocenters. The number of rotatable bonds is 2. The van der Waals surface area contributed by atoms with Crippen LogP contribution in [0.15, 0.2) is 61.2 Å². The molecule has 3 aromatic heterocycles. The van der Waals surface area contributed by atoms with Crippen LogP contribution in [0.5, 0.6) is 0 Å². The van der Waals surface area contributed by atoms with Crippen LogP contribution in [0.3, 0.4) is 0 Å². The van der Waals surface area contributed by atoms with E-state index in [0.717, 1.165) is 23.3 Å². The highest BCUT2D eigenvalue weighted by molar-refractivity contribution is 6.09. The maximum Gasteiger partial charge on any atom is 0.416 e. The number of carbonyl (C=O) groups is 1. The van der Waals surface area contributed by atoms with Crippen LogP contribution < -0.4 is 4.90 Å². The van der Waals surface area contributed by atoms with Crippen LogP contribution in [-0.2, 0) is 6.18 Å². The molecule has 0 N–H and O–H groups in total. The summed E-state index contributed by atoms with van der Waals surface area (Å²) in [5.74, 6) is -0.300. The van der Waals surface area contributed by atoms with E-state index in [9.17, 15) is 18.0 Å². The molecule has 1 amide bonds. The van der Waals surface area contributed by atoms with E-state index in [2.05, 4.69) is 10.1 Å². The molecule has 1 aliphatic rings. The standard InChI is InChI=1S/C21H16F3N5O.ClH/c1-13-11-28(16-5-3-15(4-6-16)21(22,23)24)20(30)19-17(10-26-29(13)19)14-2-7-18-25-8-9-27(18)12-14;/h2-10,12-13H,11H2,1H3;1H/t13-;/m0./s1. The van der Waals surface area contributed by atoms with E-state index >= 15 is 0 Å². The first-order valence-electron chi connectivity index (χ1n) is 9.32. The molecule has 1 aliphatic heterocycles. The molecule has 0 saturated heterocycles. The van der Waals surface area contributed by atoms with Crippen molar-refractivity contribution in [3.63, 3.8) is 0 Å². The number of carbonyl (C=O) groups excluding carboxylic acids is 1. The smallest absolute Gasteiger partial charge is 0.306 e. The number of halogens is 4. The highest BCUT2D eigenvalue weighted by Gasteiger charge is 2.35. The second-order valence-electron chi connectivity index (χ2n) is 7.27. The Balaban J connectivity index is 0.00000231. The molecule has 0 aliphatic carbocycles. The Hall–Kier alpha value is -3.33. The fraction of sp³-hybridized carbons (Fsp3) is 0.190. The van der Waals surface area contributed by atoms with Gasteiger partial charge in [-0.05, 0) is 43.3 Å². The van der Waals surface area contributed by atoms with Crippen molar-refractivity contribution >= 4 is 29.6 Å². The van der Waals surface area contributed by atoms with E-state index < -0.39 is 11.7 Å². The lowest BCUT2D eigenvalue weighted by Gasteiger charge is -2.32. The third-order valence-electron chi connectivity index (χ3n) is 5.31. The number of nitrogens with zero attached hydrogens (tertiary/aromatic N) is 5. The molecule has 0 bridgehead atoms. The summed E-state index contributed by atoms with van der Waals surface area (Å²) in [6, 6.07) is 8.23. The SMILES string of the molecule is C[C@H]1CN(c2ccc(C(F)(F)F)cc2)C(=O)c2c(-c3ccc4nccn4c3)cnn21.Cl.